The zero-order chi connectivity index (χ0) is 14.4. The van der Waals surface area contributed by atoms with Crippen molar-refractivity contribution >= 4 is 15.9 Å². The summed E-state index contributed by atoms with van der Waals surface area (Å²) in [6, 6.07) is 2.65. The van der Waals surface area contributed by atoms with Gasteiger partial charge in [0.2, 0.25) is 0 Å². The van der Waals surface area contributed by atoms with E-state index in [4.69, 9.17) is 4.74 Å². The molecule has 0 amide bonds. The molecule has 0 bridgehead atoms. The van der Waals surface area contributed by atoms with Gasteiger partial charge in [0.05, 0.1) is 10.6 Å². The highest BCUT2D eigenvalue weighted by molar-refractivity contribution is 9.10. The topological polar surface area (TPSA) is 21.3 Å². The third kappa shape index (κ3) is 4.82. The molecule has 0 saturated heterocycles. The predicted octanol–water partition coefficient (Wildman–Crippen LogP) is 3.67. The van der Waals surface area contributed by atoms with Gasteiger partial charge in [-0.2, -0.15) is 0 Å². The molecular weight excluding hydrogens is 316 g/mol. The van der Waals surface area contributed by atoms with Gasteiger partial charge in [0.1, 0.15) is 11.6 Å². The largest absolute Gasteiger partial charge is 0.382 e. The maximum Gasteiger partial charge on any atom is 0.143 e. The number of nitrogens with one attached hydrogen (secondary N) is 1. The van der Waals surface area contributed by atoms with Gasteiger partial charge in [-0.25, -0.2) is 8.78 Å². The van der Waals surface area contributed by atoms with Crippen LogP contribution in [0.2, 0.25) is 0 Å². The third-order valence-corrected chi connectivity index (χ3v) is 3.71. The minimum atomic E-state index is -0.520. The van der Waals surface area contributed by atoms with Gasteiger partial charge in [-0.1, -0.05) is 6.92 Å². The Hall–Kier alpha value is -0.520. The number of methoxy groups -OCH3 is 1. The molecule has 0 aromatic heterocycles. The lowest BCUT2D eigenvalue weighted by molar-refractivity contribution is 0.100. The second kappa shape index (κ2) is 7.92. The van der Waals surface area contributed by atoms with E-state index in [1.54, 1.807) is 7.11 Å². The molecule has 2 unspecified atom stereocenters. The molecule has 1 rings (SSSR count). The molecule has 2 nitrogen and oxygen atoms in total. The van der Waals surface area contributed by atoms with Crippen molar-refractivity contribution in [1.29, 1.82) is 0 Å². The lowest BCUT2D eigenvalue weighted by atomic mass is 10.00. The maximum absolute atomic E-state index is 13.9. The summed E-state index contributed by atoms with van der Waals surface area (Å²) >= 11 is 3.09. The van der Waals surface area contributed by atoms with E-state index in [9.17, 15) is 8.78 Å². The first-order valence-electron chi connectivity index (χ1n) is 6.38. The number of ether oxygens (including phenoxy) is 1. The van der Waals surface area contributed by atoms with Crippen LogP contribution in [0.15, 0.2) is 16.6 Å². The first-order valence-corrected chi connectivity index (χ1v) is 7.17. The number of rotatable bonds is 7. The molecule has 1 aromatic rings. The highest BCUT2D eigenvalue weighted by Gasteiger charge is 2.19. The van der Waals surface area contributed by atoms with E-state index in [0.717, 1.165) is 6.54 Å². The number of benzene rings is 1. The molecule has 0 heterocycles. The Morgan fingerprint density at radius 3 is 2.63 bits per heavy atom. The van der Waals surface area contributed by atoms with Crippen LogP contribution in [0.25, 0.3) is 0 Å². The lowest BCUT2D eigenvalue weighted by Gasteiger charge is -2.22. The predicted molar refractivity (Wildman–Crippen MR) is 76.3 cm³/mol. The summed E-state index contributed by atoms with van der Waals surface area (Å²) in [5.41, 5.74) is 0.114. The van der Waals surface area contributed by atoms with Crippen molar-refractivity contribution in [2.45, 2.75) is 38.8 Å². The van der Waals surface area contributed by atoms with E-state index in [0.29, 0.717) is 17.3 Å². The Bertz CT molecular complexity index is 415. The first kappa shape index (κ1) is 16.5. The highest BCUT2D eigenvalue weighted by atomic mass is 79.9. The van der Waals surface area contributed by atoms with Crippen LogP contribution in [0.3, 0.4) is 0 Å². The summed E-state index contributed by atoms with van der Waals surface area (Å²) < 4.78 is 33.2. The summed E-state index contributed by atoms with van der Waals surface area (Å²) in [5.74, 6) is -1.03. The molecule has 0 radical (unpaired) electrons. The number of halogens is 3. The summed E-state index contributed by atoms with van der Waals surface area (Å²) in [7, 11) is 1.63. The summed E-state index contributed by atoms with van der Waals surface area (Å²) in [6.07, 6.45) is 1.05. The Morgan fingerprint density at radius 1 is 1.37 bits per heavy atom. The minimum Gasteiger partial charge on any atom is -0.382 e. The SMILES string of the molecule is CCNC(Cc1c(F)ccc(Br)c1F)CC(C)OC. The number of hydrogen-bond acceptors (Lipinski definition) is 2. The van der Waals surface area contributed by atoms with Gasteiger partial charge in [-0.05, 0) is 54.4 Å². The van der Waals surface area contributed by atoms with Crippen molar-refractivity contribution in [3.8, 4) is 0 Å². The second-order valence-corrected chi connectivity index (χ2v) is 5.42. The average Bonchev–Trinajstić information content (AvgIpc) is 2.39. The summed E-state index contributed by atoms with van der Waals surface area (Å²) in [6.45, 7) is 4.66. The van der Waals surface area contributed by atoms with Crippen LogP contribution in [0.1, 0.15) is 25.8 Å². The zero-order valence-electron chi connectivity index (χ0n) is 11.5. The van der Waals surface area contributed by atoms with E-state index in [-0.39, 0.29) is 17.7 Å². The van der Waals surface area contributed by atoms with Gasteiger partial charge < -0.3 is 10.1 Å². The molecule has 108 valence electrons. The monoisotopic (exact) mass is 335 g/mol. The van der Waals surface area contributed by atoms with Crippen molar-refractivity contribution in [2.75, 3.05) is 13.7 Å². The van der Waals surface area contributed by atoms with Crippen LogP contribution >= 0.6 is 15.9 Å². The van der Waals surface area contributed by atoms with Crippen molar-refractivity contribution in [3.63, 3.8) is 0 Å². The fourth-order valence-electron chi connectivity index (χ4n) is 2.03. The number of hydrogen-bond donors (Lipinski definition) is 1. The molecule has 0 aliphatic rings. The fraction of sp³-hybridized carbons (Fsp3) is 0.571. The van der Waals surface area contributed by atoms with Gasteiger partial charge in [-0.3, -0.25) is 0 Å². The normalized spacial score (nSPS) is 14.4. The summed E-state index contributed by atoms with van der Waals surface area (Å²) in [5, 5.41) is 3.24. The van der Waals surface area contributed by atoms with E-state index in [2.05, 4.69) is 21.2 Å². The molecule has 0 saturated carbocycles. The molecule has 0 fully saturated rings. The summed E-state index contributed by atoms with van der Waals surface area (Å²) in [4.78, 5) is 0. The molecule has 0 spiro atoms. The second-order valence-electron chi connectivity index (χ2n) is 4.56. The van der Waals surface area contributed by atoms with Crippen LogP contribution in [-0.2, 0) is 11.2 Å². The van der Waals surface area contributed by atoms with Crippen LogP contribution in [-0.4, -0.2) is 25.8 Å². The van der Waals surface area contributed by atoms with Crippen molar-refractivity contribution in [3.05, 3.63) is 33.8 Å². The zero-order valence-corrected chi connectivity index (χ0v) is 13.1. The van der Waals surface area contributed by atoms with Gasteiger partial charge >= 0.3 is 0 Å². The number of likely N-dealkylation sites (N-methyl/N-ethyl adjacent to an activating group) is 1. The van der Waals surface area contributed by atoms with Gasteiger partial charge in [0, 0.05) is 18.7 Å². The van der Waals surface area contributed by atoms with E-state index in [1.807, 2.05) is 13.8 Å². The minimum absolute atomic E-state index is 0.0155. The van der Waals surface area contributed by atoms with Crippen LogP contribution in [0.5, 0.6) is 0 Å². The van der Waals surface area contributed by atoms with E-state index < -0.39 is 11.6 Å². The van der Waals surface area contributed by atoms with Gasteiger partial charge in [-0.15, -0.1) is 0 Å². The molecule has 2 atom stereocenters. The average molecular weight is 336 g/mol. The molecule has 1 aromatic carbocycles. The molecule has 0 aliphatic heterocycles. The molecule has 19 heavy (non-hydrogen) atoms. The quantitative estimate of drug-likeness (QED) is 0.767. The standard InChI is InChI=1S/C14H20BrF2NO/c1-4-18-10(7-9(2)19-3)8-11-13(16)6-5-12(15)14(11)17/h5-6,9-10,18H,4,7-8H2,1-3H3. The fourth-order valence-corrected chi connectivity index (χ4v) is 2.40. The Balaban J connectivity index is 2.87. The Labute approximate surface area is 121 Å². The Morgan fingerprint density at radius 2 is 2.05 bits per heavy atom. The molecule has 0 aliphatic carbocycles. The Kier molecular flexibility index (Phi) is 6.89. The van der Waals surface area contributed by atoms with Crippen LogP contribution in [0, 0.1) is 11.6 Å². The molecule has 5 heteroatoms. The molecule has 1 N–H and O–H groups in total. The van der Waals surface area contributed by atoms with Crippen LogP contribution in [0.4, 0.5) is 8.78 Å². The maximum atomic E-state index is 13.9. The van der Waals surface area contributed by atoms with E-state index >= 15 is 0 Å². The molecular formula is C14H20BrF2NO. The lowest BCUT2D eigenvalue weighted by Crippen LogP contribution is -2.34. The van der Waals surface area contributed by atoms with Gasteiger partial charge in [0.25, 0.3) is 0 Å². The first-order chi connectivity index (χ1) is 8.99. The van der Waals surface area contributed by atoms with Crippen molar-refractivity contribution in [1.82, 2.24) is 5.32 Å². The smallest absolute Gasteiger partial charge is 0.143 e. The van der Waals surface area contributed by atoms with Crippen molar-refractivity contribution in [2.24, 2.45) is 0 Å². The highest BCUT2D eigenvalue weighted by Crippen LogP contribution is 2.23. The van der Waals surface area contributed by atoms with Crippen molar-refractivity contribution < 1.29 is 13.5 Å². The van der Waals surface area contributed by atoms with Crippen LogP contribution < -0.4 is 5.32 Å². The third-order valence-electron chi connectivity index (χ3n) is 3.10. The van der Waals surface area contributed by atoms with E-state index in [1.165, 1.54) is 12.1 Å². The van der Waals surface area contributed by atoms with Gasteiger partial charge in [0.15, 0.2) is 0 Å².